The van der Waals surface area contributed by atoms with Gasteiger partial charge in [-0.2, -0.15) is 0 Å². The second-order valence-corrected chi connectivity index (χ2v) is 6.15. The van der Waals surface area contributed by atoms with Gasteiger partial charge in [0.1, 0.15) is 11.6 Å². The summed E-state index contributed by atoms with van der Waals surface area (Å²) in [4.78, 5) is 29.9. The van der Waals surface area contributed by atoms with Crippen LogP contribution in [0.4, 0.5) is 10.1 Å². The number of hydrogen-bond donors (Lipinski definition) is 2. The summed E-state index contributed by atoms with van der Waals surface area (Å²) in [5.41, 5.74) is 7.92. The summed E-state index contributed by atoms with van der Waals surface area (Å²) in [6.45, 7) is 0.236. The third kappa shape index (κ3) is 2.79. The number of primary amides is 1. The summed E-state index contributed by atoms with van der Waals surface area (Å²) in [6, 6.07) is 11.6. The van der Waals surface area contributed by atoms with Crippen LogP contribution in [-0.4, -0.2) is 21.9 Å². The molecule has 3 aromatic rings. The van der Waals surface area contributed by atoms with E-state index in [-0.39, 0.29) is 29.6 Å². The van der Waals surface area contributed by atoms with E-state index in [1.807, 2.05) is 0 Å². The van der Waals surface area contributed by atoms with Gasteiger partial charge in [0.05, 0.1) is 12.2 Å². The molecule has 1 aliphatic heterocycles. The lowest BCUT2D eigenvalue weighted by Gasteiger charge is -2.15. The Bertz CT molecular complexity index is 1080. The zero-order valence-corrected chi connectivity index (χ0v) is 14.0. The van der Waals surface area contributed by atoms with E-state index >= 15 is 0 Å². The van der Waals surface area contributed by atoms with Gasteiger partial charge in [-0.25, -0.2) is 4.39 Å². The number of pyridine rings is 1. The SMILES string of the molecule is NC(=O)c1ccc(-c2nccc3c2CN(c2ccc(F)cc2)C3=O)c(O)c1. The van der Waals surface area contributed by atoms with Crippen molar-refractivity contribution < 1.29 is 19.1 Å². The molecule has 2 heterocycles. The molecule has 0 atom stereocenters. The van der Waals surface area contributed by atoms with Crippen molar-refractivity contribution in [2.24, 2.45) is 5.73 Å². The highest BCUT2D eigenvalue weighted by Crippen LogP contribution is 2.37. The van der Waals surface area contributed by atoms with Gasteiger partial charge < -0.3 is 15.7 Å². The van der Waals surface area contributed by atoms with Crippen molar-refractivity contribution in [3.63, 3.8) is 0 Å². The number of benzene rings is 2. The number of aromatic nitrogens is 1. The molecule has 27 heavy (non-hydrogen) atoms. The number of amides is 2. The normalized spacial score (nSPS) is 12.9. The number of nitrogens with two attached hydrogens (primary N) is 1. The molecule has 0 spiro atoms. The monoisotopic (exact) mass is 363 g/mol. The lowest BCUT2D eigenvalue weighted by Crippen LogP contribution is -2.22. The van der Waals surface area contributed by atoms with Gasteiger partial charge in [0.15, 0.2) is 0 Å². The minimum absolute atomic E-state index is 0.153. The first kappa shape index (κ1) is 16.7. The number of carbonyl (C=O) groups excluding carboxylic acids is 2. The summed E-state index contributed by atoms with van der Waals surface area (Å²) in [6.07, 6.45) is 1.49. The highest BCUT2D eigenvalue weighted by atomic mass is 19.1. The fourth-order valence-corrected chi connectivity index (χ4v) is 3.17. The van der Waals surface area contributed by atoms with Gasteiger partial charge in [0, 0.05) is 34.1 Å². The summed E-state index contributed by atoms with van der Waals surface area (Å²) in [5.74, 6) is -1.42. The first-order valence-corrected chi connectivity index (χ1v) is 8.14. The maximum absolute atomic E-state index is 13.2. The number of rotatable bonds is 3. The number of phenols is 1. The van der Waals surface area contributed by atoms with Gasteiger partial charge >= 0.3 is 0 Å². The number of halogens is 1. The quantitative estimate of drug-likeness (QED) is 0.748. The van der Waals surface area contributed by atoms with Crippen molar-refractivity contribution in [1.82, 2.24) is 4.98 Å². The Morgan fingerprint density at radius 1 is 1.11 bits per heavy atom. The molecule has 134 valence electrons. The Morgan fingerprint density at radius 2 is 1.85 bits per heavy atom. The zero-order valence-electron chi connectivity index (χ0n) is 14.0. The van der Waals surface area contributed by atoms with Crippen molar-refractivity contribution in [3.05, 3.63) is 77.2 Å². The highest BCUT2D eigenvalue weighted by molar-refractivity contribution is 6.11. The zero-order chi connectivity index (χ0) is 19.1. The summed E-state index contributed by atoms with van der Waals surface area (Å²) in [7, 11) is 0. The predicted molar refractivity (Wildman–Crippen MR) is 96.8 cm³/mol. The summed E-state index contributed by atoms with van der Waals surface area (Å²) in [5, 5.41) is 10.3. The molecule has 1 aliphatic rings. The molecule has 0 saturated heterocycles. The molecule has 2 aromatic carbocycles. The first-order valence-electron chi connectivity index (χ1n) is 8.14. The second-order valence-electron chi connectivity index (χ2n) is 6.15. The van der Waals surface area contributed by atoms with Gasteiger partial charge in [-0.05, 0) is 48.5 Å². The van der Waals surface area contributed by atoms with Crippen LogP contribution in [0, 0.1) is 5.82 Å². The van der Waals surface area contributed by atoms with Crippen LogP contribution < -0.4 is 10.6 Å². The van der Waals surface area contributed by atoms with Crippen LogP contribution in [0.3, 0.4) is 0 Å². The fraction of sp³-hybridized carbons (Fsp3) is 0.0500. The fourth-order valence-electron chi connectivity index (χ4n) is 3.17. The van der Waals surface area contributed by atoms with E-state index in [9.17, 15) is 19.1 Å². The molecule has 0 aliphatic carbocycles. The van der Waals surface area contributed by atoms with Crippen molar-refractivity contribution in [3.8, 4) is 17.0 Å². The van der Waals surface area contributed by atoms with Crippen LogP contribution in [0.1, 0.15) is 26.3 Å². The number of aromatic hydroxyl groups is 1. The van der Waals surface area contributed by atoms with Gasteiger partial charge in [-0.3, -0.25) is 14.6 Å². The Hall–Kier alpha value is -3.74. The van der Waals surface area contributed by atoms with E-state index in [1.54, 1.807) is 12.1 Å². The van der Waals surface area contributed by atoms with Crippen LogP contribution in [0.5, 0.6) is 5.75 Å². The molecule has 0 bridgehead atoms. The number of phenolic OH excluding ortho intramolecular Hbond substituents is 1. The Kier molecular flexibility index (Phi) is 3.84. The minimum atomic E-state index is -0.652. The molecule has 0 radical (unpaired) electrons. The van der Waals surface area contributed by atoms with E-state index in [0.29, 0.717) is 28.1 Å². The number of fused-ring (bicyclic) bond motifs is 1. The van der Waals surface area contributed by atoms with E-state index < -0.39 is 5.91 Å². The van der Waals surface area contributed by atoms with Crippen LogP contribution in [0.2, 0.25) is 0 Å². The molecule has 0 fully saturated rings. The smallest absolute Gasteiger partial charge is 0.259 e. The summed E-state index contributed by atoms with van der Waals surface area (Å²) >= 11 is 0. The number of anilines is 1. The lowest BCUT2D eigenvalue weighted by molar-refractivity contribution is 0.0990. The largest absolute Gasteiger partial charge is 0.507 e. The number of nitrogens with zero attached hydrogens (tertiary/aromatic N) is 2. The maximum Gasteiger partial charge on any atom is 0.259 e. The average molecular weight is 363 g/mol. The van der Waals surface area contributed by atoms with Crippen LogP contribution in [0.25, 0.3) is 11.3 Å². The van der Waals surface area contributed by atoms with Crippen molar-refractivity contribution >= 4 is 17.5 Å². The van der Waals surface area contributed by atoms with Gasteiger partial charge in [0.25, 0.3) is 5.91 Å². The standard InChI is InChI=1S/C20H14FN3O3/c21-12-2-4-13(5-3-12)24-10-16-14(20(24)27)7-8-23-18(16)15-6-1-11(19(22)26)9-17(15)25/h1-9,25H,10H2,(H2,22,26). The van der Waals surface area contributed by atoms with Crippen LogP contribution in [-0.2, 0) is 6.54 Å². The molecule has 0 saturated carbocycles. The Labute approximate surface area is 153 Å². The second kappa shape index (κ2) is 6.21. The molecule has 3 N–H and O–H groups in total. The molecule has 0 unspecified atom stereocenters. The molecule has 4 rings (SSSR count). The first-order chi connectivity index (χ1) is 13.0. The summed E-state index contributed by atoms with van der Waals surface area (Å²) < 4.78 is 13.2. The molecule has 1 aromatic heterocycles. The Morgan fingerprint density at radius 3 is 2.52 bits per heavy atom. The third-order valence-corrected chi connectivity index (χ3v) is 4.52. The van der Waals surface area contributed by atoms with Crippen LogP contribution >= 0.6 is 0 Å². The molecule has 6 nitrogen and oxygen atoms in total. The molecule has 2 amide bonds. The van der Waals surface area contributed by atoms with E-state index in [0.717, 1.165) is 0 Å². The average Bonchev–Trinajstić information content (AvgIpc) is 2.99. The number of hydrogen-bond acceptors (Lipinski definition) is 4. The number of carbonyl (C=O) groups is 2. The highest BCUT2D eigenvalue weighted by Gasteiger charge is 2.31. The van der Waals surface area contributed by atoms with Crippen molar-refractivity contribution in [2.75, 3.05) is 4.90 Å². The van der Waals surface area contributed by atoms with Gasteiger partial charge in [0.2, 0.25) is 5.91 Å². The van der Waals surface area contributed by atoms with Gasteiger partial charge in [-0.15, -0.1) is 0 Å². The molecular formula is C20H14FN3O3. The van der Waals surface area contributed by atoms with E-state index in [4.69, 9.17) is 5.73 Å². The van der Waals surface area contributed by atoms with Gasteiger partial charge in [-0.1, -0.05) is 0 Å². The lowest BCUT2D eigenvalue weighted by atomic mass is 10.0. The van der Waals surface area contributed by atoms with Crippen LogP contribution in [0.15, 0.2) is 54.7 Å². The van der Waals surface area contributed by atoms with E-state index in [1.165, 1.54) is 47.5 Å². The van der Waals surface area contributed by atoms with Crippen molar-refractivity contribution in [1.29, 1.82) is 0 Å². The third-order valence-electron chi connectivity index (χ3n) is 4.52. The van der Waals surface area contributed by atoms with E-state index in [2.05, 4.69) is 4.98 Å². The predicted octanol–water partition coefficient (Wildman–Crippen LogP) is 2.85. The topological polar surface area (TPSA) is 96.5 Å². The maximum atomic E-state index is 13.2. The molecule has 7 heteroatoms. The molecular weight excluding hydrogens is 349 g/mol. The minimum Gasteiger partial charge on any atom is -0.507 e. The Balaban J connectivity index is 1.78. The van der Waals surface area contributed by atoms with Crippen molar-refractivity contribution in [2.45, 2.75) is 6.54 Å².